The Morgan fingerprint density at radius 2 is 2.16 bits per heavy atom. The van der Waals surface area contributed by atoms with Crippen LogP contribution in [0.1, 0.15) is 27.7 Å². The van der Waals surface area contributed by atoms with Crippen LogP contribution in [0.4, 0.5) is 0 Å². The summed E-state index contributed by atoms with van der Waals surface area (Å²) in [5, 5.41) is 3.10. The zero-order valence-electron chi connectivity index (χ0n) is 10.3. The topological polar surface area (TPSA) is 68.0 Å². The van der Waals surface area contributed by atoms with Gasteiger partial charge in [-0.25, -0.2) is 9.97 Å². The molecule has 1 amide bonds. The fraction of sp³-hybridized carbons (Fsp3) is 0.250. The second kappa shape index (κ2) is 5.59. The SMILES string of the molecule is Cc1nc(CNC(=O)c2cc(Cl)ncc2Cl)oc1C. The van der Waals surface area contributed by atoms with Crippen LogP contribution in [0, 0.1) is 13.8 Å². The van der Waals surface area contributed by atoms with E-state index in [-0.39, 0.29) is 28.2 Å². The fourth-order valence-corrected chi connectivity index (χ4v) is 1.80. The minimum Gasteiger partial charge on any atom is -0.444 e. The molecule has 0 aliphatic heterocycles. The molecule has 0 fully saturated rings. The van der Waals surface area contributed by atoms with E-state index in [2.05, 4.69) is 15.3 Å². The third-order valence-corrected chi connectivity index (χ3v) is 3.05. The number of aromatic nitrogens is 2. The van der Waals surface area contributed by atoms with Crippen molar-refractivity contribution in [2.45, 2.75) is 20.4 Å². The third-order valence-electron chi connectivity index (χ3n) is 2.54. The van der Waals surface area contributed by atoms with Crippen molar-refractivity contribution < 1.29 is 9.21 Å². The van der Waals surface area contributed by atoms with E-state index in [0.717, 1.165) is 11.5 Å². The molecule has 0 saturated heterocycles. The minimum absolute atomic E-state index is 0.184. The van der Waals surface area contributed by atoms with E-state index in [4.69, 9.17) is 27.6 Å². The molecule has 0 spiro atoms. The van der Waals surface area contributed by atoms with Crippen molar-refractivity contribution in [3.05, 3.63) is 45.3 Å². The van der Waals surface area contributed by atoms with E-state index in [0.29, 0.717) is 5.89 Å². The van der Waals surface area contributed by atoms with Crippen molar-refractivity contribution in [3.8, 4) is 0 Å². The summed E-state index contributed by atoms with van der Waals surface area (Å²) in [5.74, 6) is 0.816. The summed E-state index contributed by atoms with van der Waals surface area (Å²) in [6.45, 7) is 3.83. The first-order valence-corrected chi connectivity index (χ1v) is 6.25. The number of nitrogens with one attached hydrogen (secondary N) is 1. The molecule has 0 bridgehead atoms. The van der Waals surface area contributed by atoms with Crippen LogP contribution in [0.2, 0.25) is 10.2 Å². The van der Waals surface area contributed by atoms with Crippen molar-refractivity contribution in [3.63, 3.8) is 0 Å². The lowest BCUT2D eigenvalue weighted by atomic mass is 10.2. The van der Waals surface area contributed by atoms with Gasteiger partial charge in [0.15, 0.2) is 0 Å². The van der Waals surface area contributed by atoms with Crippen LogP contribution in [0.15, 0.2) is 16.7 Å². The van der Waals surface area contributed by atoms with E-state index in [9.17, 15) is 4.79 Å². The molecular weight excluding hydrogens is 289 g/mol. The van der Waals surface area contributed by atoms with Crippen molar-refractivity contribution in [2.24, 2.45) is 0 Å². The molecule has 0 aliphatic carbocycles. The maximum Gasteiger partial charge on any atom is 0.253 e. The van der Waals surface area contributed by atoms with Gasteiger partial charge in [0.25, 0.3) is 5.91 Å². The zero-order valence-corrected chi connectivity index (χ0v) is 11.8. The van der Waals surface area contributed by atoms with Crippen molar-refractivity contribution in [1.82, 2.24) is 15.3 Å². The molecule has 100 valence electrons. The van der Waals surface area contributed by atoms with Crippen LogP contribution in [-0.4, -0.2) is 15.9 Å². The first-order valence-electron chi connectivity index (χ1n) is 5.49. The van der Waals surface area contributed by atoms with Crippen molar-refractivity contribution >= 4 is 29.1 Å². The second-order valence-corrected chi connectivity index (χ2v) is 4.71. The summed E-state index contributed by atoms with van der Waals surface area (Å²) in [7, 11) is 0. The number of rotatable bonds is 3. The highest BCUT2D eigenvalue weighted by Gasteiger charge is 2.13. The molecule has 1 N–H and O–H groups in total. The average molecular weight is 300 g/mol. The zero-order chi connectivity index (χ0) is 14.0. The molecule has 0 atom stereocenters. The number of aryl methyl sites for hydroxylation is 2. The number of nitrogens with zero attached hydrogens (tertiary/aromatic N) is 2. The maximum absolute atomic E-state index is 11.9. The van der Waals surface area contributed by atoms with Gasteiger partial charge in [-0.2, -0.15) is 0 Å². The molecule has 2 heterocycles. The predicted octanol–water partition coefficient (Wildman–Crippen LogP) is 2.92. The first kappa shape index (κ1) is 13.8. The van der Waals surface area contributed by atoms with Crippen LogP contribution < -0.4 is 5.32 Å². The summed E-state index contributed by atoms with van der Waals surface area (Å²) < 4.78 is 5.36. The van der Waals surface area contributed by atoms with Crippen molar-refractivity contribution in [2.75, 3.05) is 0 Å². The molecule has 7 heteroatoms. The lowest BCUT2D eigenvalue weighted by Crippen LogP contribution is -2.23. The van der Waals surface area contributed by atoms with Crippen LogP contribution >= 0.6 is 23.2 Å². The molecule has 0 saturated carbocycles. The van der Waals surface area contributed by atoms with Gasteiger partial charge in [-0.3, -0.25) is 4.79 Å². The molecule has 0 aromatic carbocycles. The molecular formula is C12H11Cl2N3O2. The molecule has 2 rings (SSSR count). The van der Waals surface area contributed by atoms with Crippen LogP contribution in [0.3, 0.4) is 0 Å². The third kappa shape index (κ3) is 3.24. The van der Waals surface area contributed by atoms with Crippen molar-refractivity contribution in [1.29, 1.82) is 0 Å². The van der Waals surface area contributed by atoms with E-state index < -0.39 is 0 Å². The number of carbonyl (C=O) groups excluding carboxylic acids is 1. The second-order valence-electron chi connectivity index (χ2n) is 3.92. The number of hydrogen-bond acceptors (Lipinski definition) is 4. The van der Waals surface area contributed by atoms with E-state index >= 15 is 0 Å². The van der Waals surface area contributed by atoms with Gasteiger partial charge in [0, 0.05) is 6.20 Å². The van der Waals surface area contributed by atoms with E-state index in [1.807, 2.05) is 13.8 Å². The lowest BCUT2D eigenvalue weighted by molar-refractivity contribution is 0.0947. The molecule has 0 aliphatic rings. The summed E-state index contributed by atoms with van der Waals surface area (Å²) in [6.07, 6.45) is 1.33. The van der Waals surface area contributed by atoms with Gasteiger partial charge in [-0.15, -0.1) is 0 Å². The average Bonchev–Trinajstić information content (AvgIpc) is 2.69. The number of pyridine rings is 1. The van der Waals surface area contributed by atoms with Gasteiger partial charge in [0.05, 0.1) is 22.8 Å². The number of halogens is 2. The van der Waals surface area contributed by atoms with Crippen LogP contribution in [0.25, 0.3) is 0 Å². The summed E-state index contributed by atoms with van der Waals surface area (Å²) in [5.41, 5.74) is 1.07. The normalized spacial score (nSPS) is 10.5. The van der Waals surface area contributed by atoms with Gasteiger partial charge >= 0.3 is 0 Å². The van der Waals surface area contributed by atoms with Gasteiger partial charge in [0.2, 0.25) is 5.89 Å². The Hall–Kier alpha value is -1.59. The van der Waals surface area contributed by atoms with Gasteiger partial charge in [-0.05, 0) is 19.9 Å². The van der Waals surface area contributed by atoms with E-state index in [1.165, 1.54) is 12.3 Å². The van der Waals surface area contributed by atoms with Gasteiger partial charge < -0.3 is 9.73 Å². The Bertz CT molecular complexity index is 606. The molecule has 19 heavy (non-hydrogen) atoms. The number of carbonyl (C=O) groups is 1. The van der Waals surface area contributed by atoms with Gasteiger partial charge in [-0.1, -0.05) is 23.2 Å². The largest absolute Gasteiger partial charge is 0.444 e. The number of oxazole rings is 1. The standard InChI is InChI=1S/C12H11Cl2N3O2/c1-6-7(2)19-11(17-6)5-16-12(18)8-3-10(14)15-4-9(8)13/h3-4H,5H2,1-2H3,(H,16,18). The summed E-state index contributed by atoms with van der Waals surface area (Å²) in [4.78, 5) is 19.9. The van der Waals surface area contributed by atoms with Gasteiger partial charge in [0.1, 0.15) is 10.9 Å². The number of hydrogen-bond donors (Lipinski definition) is 1. The Morgan fingerprint density at radius 1 is 1.42 bits per heavy atom. The smallest absolute Gasteiger partial charge is 0.253 e. The summed E-state index contributed by atoms with van der Waals surface area (Å²) >= 11 is 11.6. The summed E-state index contributed by atoms with van der Waals surface area (Å²) in [6, 6.07) is 1.41. The highest BCUT2D eigenvalue weighted by Crippen LogP contribution is 2.18. The minimum atomic E-state index is -0.359. The fourth-order valence-electron chi connectivity index (χ4n) is 1.45. The number of amides is 1. The Balaban J connectivity index is 2.07. The molecule has 0 unspecified atom stereocenters. The highest BCUT2D eigenvalue weighted by atomic mass is 35.5. The molecule has 2 aromatic heterocycles. The quantitative estimate of drug-likeness (QED) is 0.885. The maximum atomic E-state index is 11.9. The highest BCUT2D eigenvalue weighted by molar-refractivity contribution is 6.35. The molecule has 0 radical (unpaired) electrons. The van der Waals surface area contributed by atoms with Crippen LogP contribution in [-0.2, 0) is 6.54 Å². The van der Waals surface area contributed by atoms with Crippen LogP contribution in [0.5, 0.6) is 0 Å². The Morgan fingerprint density at radius 3 is 2.79 bits per heavy atom. The predicted molar refractivity (Wildman–Crippen MR) is 71.4 cm³/mol. The Labute approximate surface area is 119 Å². The monoisotopic (exact) mass is 299 g/mol. The lowest BCUT2D eigenvalue weighted by Gasteiger charge is -2.04. The first-order chi connectivity index (χ1) is 8.97. The molecule has 5 nitrogen and oxygen atoms in total. The Kier molecular flexibility index (Phi) is 4.07. The van der Waals surface area contributed by atoms with E-state index in [1.54, 1.807) is 0 Å². The molecule has 2 aromatic rings.